The molecule has 0 spiro atoms. The normalized spacial score (nSPS) is 20.4. The van der Waals surface area contributed by atoms with Crippen molar-refractivity contribution in [1.29, 1.82) is 0 Å². The maximum absolute atomic E-state index is 14.6. The Morgan fingerprint density at radius 1 is 1.13 bits per heavy atom. The Kier molecular flexibility index (Phi) is 4.68. The minimum absolute atomic E-state index is 0.0200. The number of anilines is 1. The van der Waals surface area contributed by atoms with Crippen LogP contribution in [0.1, 0.15) is 28.2 Å². The van der Waals surface area contributed by atoms with Gasteiger partial charge in [-0.25, -0.2) is 18.7 Å². The van der Waals surface area contributed by atoms with Gasteiger partial charge in [0.1, 0.15) is 5.82 Å². The second-order valence-electron chi connectivity index (χ2n) is 8.16. The summed E-state index contributed by atoms with van der Waals surface area (Å²) in [6, 6.07) is 6.15. The number of aryl methyl sites for hydroxylation is 2. The van der Waals surface area contributed by atoms with Gasteiger partial charge in [0.05, 0.1) is 28.7 Å². The third-order valence-electron chi connectivity index (χ3n) is 6.28. The van der Waals surface area contributed by atoms with Crippen LogP contribution in [0.3, 0.4) is 0 Å². The highest BCUT2D eigenvalue weighted by Crippen LogP contribution is 2.36. The molecule has 5 rings (SSSR count). The van der Waals surface area contributed by atoms with Gasteiger partial charge in [0.15, 0.2) is 5.82 Å². The number of aromatic nitrogens is 4. The zero-order valence-corrected chi connectivity index (χ0v) is 17.3. The fourth-order valence-corrected chi connectivity index (χ4v) is 4.56. The van der Waals surface area contributed by atoms with Crippen molar-refractivity contribution in [3.63, 3.8) is 0 Å². The molecule has 2 aliphatic heterocycles. The molecule has 2 atom stereocenters. The zero-order valence-electron chi connectivity index (χ0n) is 17.3. The van der Waals surface area contributed by atoms with Crippen molar-refractivity contribution < 1.29 is 13.6 Å². The molecule has 0 unspecified atom stereocenters. The summed E-state index contributed by atoms with van der Waals surface area (Å²) in [5.74, 6) is -0.204. The SMILES string of the molecule is Cc1nc(N2CC[C@@H]3CN(C(=O)c4cccc(F)c4-c4ccn[nH]4)[C@@H]3C2)nc(C)c1F. The van der Waals surface area contributed by atoms with E-state index in [-0.39, 0.29) is 17.5 Å². The summed E-state index contributed by atoms with van der Waals surface area (Å²) >= 11 is 0. The molecule has 7 nitrogen and oxygen atoms in total. The number of carbonyl (C=O) groups is 1. The number of aromatic amines is 1. The number of nitrogens with zero attached hydrogens (tertiary/aromatic N) is 5. The lowest BCUT2D eigenvalue weighted by molar-refractivity contribution is 0.00771. The van der Waals surface area contributed by atoms with Crippen molar-refractivity contribution in [3.05, 3.63) is 59.0 Å². The van der Waals surface area contributed by atoms with Crippen molar-refractivity contribution in [3.8, 4) is 11.3 Å². The molecule has 0 aliphatic carbocycles. The largest absolute Gasteiger partial charge is 0.339 e. The highest BCUT2D eigenvalue weighted by Gasteiger charge is 2.46. The zero-order chi connectivity index (χ0) is 21.7. The molecule has 9 heteroatoms. The number of likely N-dealkylation sites (tertiary alicyclic amines) is 1. The molecule has 2 saturated heterocycles. The van der Waals surface area contributed by atoms with Crippen LogP contribution in [0.4, 0.5) is 14.7 Å². The summed E-state index contributed by atoms with van der Waals surface area (Å²) < 4.78 is 28.5. The van der Waals surface area contributed by atoms with E-state index in [1.165, 1.54) is 12.3 Å². The maximum Gasteiger partial charge on any atom is 0.254 e. The van der Waals surface area contributed by atoms with E-state index in [4.69, 9.17) is 0 Å². The molecule has 1 aromatic carbocycles. The summed E-state index contributed by atoms with van der Waals surface area (Å²) in [5, 5.41) is 6.63. The first-order chi connectivity index (χ1) is 14.9. The molecular formula is C22H22F2N6O. The topological polar surface area (TPSA) is 78.0 Å². The van der Waals surface area contributed by atoms with E-state index in [1.54, 1.807) is 36.9 Å². The predicted molar refractivity (Wildman–Crippen MR) is 111 cm³/mol. The van der Waals surface area contributed by atoms with Crippen LogP contribution >= 0.6 is 0 Å². The smallest absolute Gasteiger partial charge is 0.254 e. The van der Waals surface area contributed by atoms with Gasteiger partial charge in [-0.2, -0.15) is 5.10 Å². The van der Waals surface area contributed by atoms with Gasteiger partial charge in [0.2, 0.25) is 5.95 Å². The van der Waals surface area contributed by atoms with Crippen LogP contribution in [0.2, 0.25) is 0 Å². The van der Waals surface area contributed by atoms with Crippen molar-refractivity contribution in [2.45, 2.75) is 26.3 Å². The summed E-state index contributed by atoms with van der Waals surface area (Å²) in [7, 11) is 0. The fraction of sp³-hybridized carbons (Fsp3) is 0.364. The van der Waals surface area contributed by atoms with Crippen molar-refractivity contribution in [1.82, 2.24) is 25.1 Å². The monoisotopic (exact) mass is 424 g/mol. The number of carbonyl (C=O) groups excluding carboxylic acids is 1. The molecule has 3 aromatic rings. The third kappa shape index (κ3) is 3.24. The number of hydrogen-bond acceptors (Lipinski definition) is 5. The Labute approximate surface area is 178 Å². The van der Waals surface area contributed by atoms with E-state index in [1.807, 2.05) is 4.90 Å². The maximum atomic E-state index is 14.6. The Balaban J connectivity index is 1.40. The molecule has 1 N–H and O–H groups in total. The number of H-pyrrole nitrogens is 1. The Morgan fingerprint density at radius 3 is 2.61 bits per heavy atom. The number of benzene rings is 1. The Bertz CT molecular complexity index is 1130. The highest BCUT2D eigenvalue weighted by atomic mass is 19.1. The van der Waals surface area contributed by atoms with E-state index < -0.39 is 11.6 Å². The number of piperidine rings is 1. The van der Waals surface area contributed by atoms with E-state index in [0.717, 1.165) is 13.0 Å². The van der Waals surface area contributed by atoms with Crippen LogP contribution < -0.4 is 4.90 Å². The van der Waals surface area contributed by atoms with Crippen LogP contribution in [-0.4, -0.2) is 56.6 Å². The lowest BCUT2D eigenvalue weighted by atomic mass is 9.81. The average molecular weight is 424 g/mol. The van der Waals surface area contributed by atoms with Gasteiger partial charge in [0, 0.05) is 37.3 Å². The van der Waals surface area contributed by atoms with Crippen LogP contribution in [0.15, 0.2) is 30.5 Å². The lowest BCUT2D eigenvalue weighted by Crippen LogP contribution is -2.66. The average Bonchev–Trinajstić information content (AvgIpc) is 3.26. The Morgan fingerprint density at radius 2 is 1.90 bits per heavy atom. The van der Waals surface area contributed by atoms with Gasteiger partial charge in [-0.05, 0) is 38.5 Å². The minimum Gasteiger partial charge on any atom is -0.339 e. The van der Waals surface area contributed by atoms with Crippen LogP contribution in [-0.2, 0) is 0 Å². The summed E-state index contributed by atoms with van der Waals surface area (Å²) in [4.78, 5) is 25.8. The standard InChI is InChI=1S/C22H22F2N6O/c1-12-20(24)13(2)27-22(26-12)29-9-7-14-10-30(18(14)11-29)21(31)15-4-3-5-16(23)19(15)17-6-8-25-28-17/h3-6,8,14,18H,7,9-11H2,1-2H3,(H,25,28)/t14-,18-/m1/s1. The van der Waals surface area contributed by atoms with Crippen molar-refractivity contribution in [2.24, 2.45) is 5.92 Å². The van der Waals surface area contributed by atoms with E-state index in [2.05, 4.69) is 20.2 Å². The Hall–Kier alpha value is -3.36. The molecule has 2 fully saturated rings. The molecule has 0 radical (unpaired) electrons. The first-order valence-corrected chi connectivity index (χ1v) is 10.3. The van der Waals surface area contributed by atoms with Crippen LogP contribution in [0.5, 0.6) is 0 Å². The molecule has 160 valence electrons. The van der Waals surface area contributed by atoms with Gasteiger partial charge in [0.25, 0.3) is 5.91 Å². The van der Waals surface area contributed by atoms with Gasteiger partial charge in [-0.1, -0.05) is 6.07 Å². The second-order valence-corrected chi connectivity index (χ2v) is 8.16. The van der Waals surface area contributed by atoms with Crippen molar-refractivity contribution >= 4 is 11.9 Å². The quantitative estimate of drug-likeness (QED) is 0.699. The highest BCUT2D eigenvalue weighted by molar-refractivity contribution is 6.01. The van der Waals surface area contributed by atoms with Gasteiger partial charge >= 0.3 is 0 Å². The van der Waals surface area contributed by atoms with Crippen molar-refractivity contribution in [2.75, 3.05) is 24.5 Å². The van der Waals surface area contributed by atoms with E-state index >= 15 is 0 Å². The third-order valence-corrected chi connectivity index (χ3v) is 6.28. The van der Waals surface area contributed by atoms with Gasteiger partial charge in [-0.3, -0.25) is 9.89 Å². The van der Waals surface area contributed by atoms with Gasteiger partial charge < -0.3 is 9.80 Å². The number of fused-ring (bicyclic) bond motifs is 1. The van der Waals surface area contributed by atoms with Crippen LogP contribution in [0.25, 0.3) is 11.3 Å². The summed E-state index contributed by atoms with van der Waals surface area (Å²) in [6.45, 7) is 5.21. The predicted octanol–water partition coefficient (Wildman–Crippen LogP) is 3.11. The molecule has 0 bridgehead atoms. The number of amides is 1. The molecule has 31 heavy (non-hydrogen) atoms. The fourth-order valence-electron chi connectivity index (χ4n) is 4.56. The lowest BCUT2D eigenvalue weighted by Gasteiger charge is -2.53. The van der Waals surface area contributed by atoms with E-state index in [9.17, 15) is 13.6 Å². The molecule has 2 aliphatic rings. The molecule has 1 amide bonds. The summed E-state index contributed by atoms with van der Waals surface area (Å²) in [5.41, 5.74) is 1.64. The number of nitrogens with one attached hydrogen (secondary N) is 1. The van der Waals surface area contributed by atoms with Crippen LogP contribution in [0, 0.1) is 31.4 Å². The van der Waals surface area contributed by atoms with E-state index in [0.29, 0.717) is 47.6 Å². The summed E-state index contributed by atoms with van der Waals surface area (Å²) in [6.07, 6.45) is 2.42. The number of hydrogen-bond donors (Lipinski definition) is 1. The second kappa shape index (κ2) is 7.40. The minimum atomic E-state index is -0.469. The van der Waals surface area contributed by atoms with Gasteiger partial charge in [-0.15, -0.1) is 0 Å². The molecule has 2 aromatic heterocycles. The number of rotatable bonds is 3. The number of halogens is 2. The molecule has 4 heterocycles. The first-order valence-electron chi connectivity index (χ1n) is 10.3. The molecule has 0 saturated carbocycles. The first kappa shape index (κ1) is 19.6. The molecular weight excluding hydrogens is 402 g/mol.